The Bertz CT molecular complexity index is 2550. The van der Waals surface area contributed by atoms with Crippen molar-refractivity contribution in [1.29, 1.82) is 0 Å². The number of halogens is 3. The van der Waals surface area contributed by atoms with Gasteiger partial charge in [-0.1, -0.05) is 98.5 Å². The average Bonchev–Trinajstić information content (AvgIpc) is 3.52. The van der Waals surface area contributed by atoms with E-state index in [0.29, 0.717) is 28.2 Å². The normalized spacial score (nSPS) is 11.5. The Morgan fingerprint density at radius 3 is 2.17 bits per heavy atom. The van der Waals surface area contributed by atoms with Crippen LogP contribution in [0, 0.1) is 29.6 Å². The number of rotatable bonds is 5. The monoisotopic (exact) mass is 885 g/mol. The zero-order valence-corrected chi connectivity index (χ0v) is 32.7. The molecule has 52 heavy (non-hydrogen) atoms. The third-order valence-corrected chi connectivity index (χ3v) is 11.1. The summed E-state index contributed by atoms with van der Waals surface area (Å²) >= 11 is 0. The Balaban J connectivity index is 0.000000200. The zero-order chi connectivity index (χ0) is 35.9. The summed E-state index contributed by atoms with van der Waals surface area (Å²) in [6, 6.07) is 37.6. The van der Waals surface area contributed by atoms with Gasteiger partial charge in [-0.25, -0.2) is 13.2 Å². The van der Waals surface area contributed by atoms with Crippen LogP contribution in [0.5, 0.6) is 0 Å². The molecule has 8 heteroatoms. The van der Waals surface area contributed by atoms with Gasteiger partial charge in [0.2, 0.25) is 0 Å². The van der Waals surface area contributed by atoms with Gasteiger partial charge in [-0.2, -0.15) is 0 Å². The number of hydrogen-bond acceptors (Lipinski definition) is 3. The number of pyridine rings is 2. The van der Waals surface area contributed by atoms with E-state index in [9.17, 15) is 13.2 Å². The van der Waals surface area contributed by atoms with E-state index in [1.165, 1.54) is 16.8 Å². The van der Waals surface area contributed by atoms with Crippen LogP contribution in [-0.4, -0.2) is 18.0 Å². The molecule has 0 aliphatic heterocycles. The van der Waals surface area contributed by atoms with Crippen molar-refractivity contribution in [2.45, 2.75) is 39.4 Å². The van der Waals surface area contributed by atoms with Crippen molar-refractivity contribution in [1.82, 2.24) is 9.97 Å². The van der Waals surface area contributed by atoms with Crippen LogP contribution >= 0.6 is 0 Å². The standard InChI is InChI=1S/C27H13F3NO.C17H22NSi.Ir/c28-22-11-10-18(25(29)26(22)30)16-8-9-19-20-6-3-7-21(27(20)32-24(19)13-16)23-12-15-4-1-2-5-17(15)14-31-23;1-13(2)15-11-16(14-9-7-6-8-10-14)18-12-17(15)19(3,4)5;/h1-6,8-14H;6-9,11-13H,1-5H3;/q2*-1;. The number of furan rings is 1. The Morgan fingerprint density at radius 1 is 0.692 bits per heavy atom. The predicted octanol–water partition coefficient (Wildman–Crippen LogP) is 11.9. The van der Waals surface area contributed by atoms with E-state index in [-0.39, 0.29) is 25.7 Å². The second kappa shape index (κ2) is 15.0. The van der Waals surface area contributed by atoms with Crippen molar-refractivity contribution < 1.29 is 37.7 Å². The minimum Gasteiger partial charge on any atom is -0.501 e. The van der Waals surface area contributed by atoms with Crippen LogP contribution in [0.1, 0.15) is 25.3 Å². The largest absolute Gasteiger partial charge is 0.501 e. The fourth-order valence-corrected chi connectivity index (χ4v) is 8.02. The van der Waals surface area contributed by atoms with Crippen LogP contribution in [0.2, 0.25) is 19.6 Å². The van der Waals surface area contributed by atoms with E-state index in [4.69, 9.17) is 4.42 Å². The minimum atomic E-state index is -1.49. The van der Waals surface area contributed by atoms with Gasteiger partial charge in [-0.15, -0.1) is 54.1 Å². The molecule has 0 amide bonds. The molecule has 0 spiro atoms. The van der Waals surface area contributed by atoms with Crippen molar-refractivity contribution in [3.8, 4) is 33.6 Å². The van der Waals surface area contributed by atoms with Crippen molar-refractivity contribution in [3.63, 3.8) is 0 Å². The smallest absolute Gasteiger partial charge is 0.195 e. The van der Waals surface area contributed by atoms with Gasteiger partial charge < -0.3 is 14.4 Å². The van der Waals surface area contributed by atoms with Crippen LogP contribution in [0.4, 0.5) is 13.2 Å². The van der Waals surface area contributed by atoms with E-state index in [1.54, 1.807) is 18.2 Å². The van der Waals surface area contributed by atoms with Gasteiger partial charge in [0, 0.05) is 43.4 Å². The summed E-state index contributed by atoms with van der Waals surface area (Å²) in [7, 11) is -1.34. The average molecular weight is 885 g/mol. The molecule has 0 atom stereocenters. The number of benzene rings is 5. The van der Waals surface area contributed by atoms with Crippen LogP contribution < -0.4 is 5.19 Å². The Hall–Kier alpha value is -4.88. The molecular weight excluding hydrogens is 850 g/mol. The van der Waals surface area contributed by atoms with Crippen LogP contribution in [0.3, 0.4) is 0 Å². The molecule has 1 radical (unpaired) electrons. The topological polar surface area (TPSA) is 38.9 Å². The van der Waals surface area contributed by atoms with Gasteiger partial charge in [0.25, 0.3) is 0 Å². The maximum atomic E-state index is 14.3. The molecule has 8 rings (SSSR count). The Labute approximate surface area is 315 Å². The summed E-state index contributed by atoms with van der Waals surface area (Å²) < 4.78 is 47.5. The zero-order valence-electron chi connectivity index (χ0n) is 29.3. The summed E-state index contributed by atoms with van der Waals surface area (Å²) in [4.78, 5) is 9.24. The summed E-state index contributed by atoms with van der Waals surface area (Å²) in [6.45, 7) is 11.7. The Kier molecular flexibility index (Phi) is 10.6. The fourth-order valence-electron chi connectivity index (χ4n) is 6.34. The molecule has 0 fully saturated rings. The van der Waals surface area contributed by atoms with E-state index < -0.39 is 25.5 Å². The number of fused-ring (bicyclic) bond motifs is 4. The number of nitrogens with zero attached hydrogens (tertiary/aromatic N) is 2. The third kappa shape index (κ3) is 7.24. The molecule has 3 aromatic heterocycles. The van der Waals surface area contributed by atoms with E-state index in [1.807, 2.05) is 66.9 Å². The maximum Gasteiger partial charge on any atom is 0.195 e. The molecule has 0 unspecified atom stereocenters. The van der Waals surface area contributed by atoms with E-state index in [2.05, 4.69) is 73.9 Å². The molecule has 263 valence electrons. The van der Waals surface area contributed by atoms with Gasteiger partial charge >= 0.3 is 0 Å². The van der Waals surface area contributed by atoms with Gasteiger partial charge in [0.15, 0.2) is 17.5 Å². The molecule has 0 aliphatic carbocycles. The predicted molar refractivity (Wildman–Crippen MR) is 204 cm³/mol. The molecule has 3 nitrogen and oxygen atoms in total. The molecule has 0 N–H and O–H groups in total. The first-order valence-electron chi connectivity index (χ1n) is 16.8. The molecular formula is C44H35F3IrN2OSi-2. The molecule has 0 aliphatic rings. The SMILES string of the molecule is CC(C)c1cc(-c2[c-]cccc2)ncc1[Si](C)(C)C.Fc1ccc(-c2ccc3c(c2)oc2c(-c4cc5ccccc5cn4)[c-]ccc23)c(F)c1F.[Ir]. The minimum absolute atomic E-state index is 0. The van der Waals surface area contributed by atoms with Gasteiger partial charge in [0.1, 0.15) is 5.58 Å². The second-order valence-electron chi connectivity index (χ2n) is 13.9. The summed E-state index contributed by atoms with van der Waals surface area (Å²) in [5.41, 5.74) is 6.46. The molecule has 5 aromatic carbocycles. The molecule has 0 bridgehead atoms. The van der Waals surface area contributed by atoms with E-state index >= 15 is 0 Å². The van der Waals surface area contributed by atoms with Crippen LogP contribution in [0.25, 0.3) is 66.4 Å². The van der Waals surface area contributed by atoms with Crippen molar-refractivity contribution >= 4 is 46.0 Å². The van der Waals surface area contributed by atoms with Gasteiger partial charge in [0.05, 0.1) is 13.7 Å². The van der Waals surface area contributed by atoms with Crippen molar-refractivity contribution in [2.24, 2.45) is 0 Å². The van der Waals surface area contributed by atoms with Crippen molar-refractivity contribution in [2.75, 3.05) is 0 Å². The first-order valence-corrected chi connectivity index (χ1v) is 20.3. The Morgan fingerprint density at radius 2 is 1.44 bits per heavy atom. The fraction of sp³-hybridized carbons (Fsp3) is 0.136. The number of hydrogen-bond donors (Lipinski definition) is 0. The first-order chi connectivity index (χ1) is 24.5. The van der Waals surface area contributed by atoms with Crippen LogP contribution in [0.15, 0.2) is 120 Å². The summed E-state index contributed by atoms with van der Waals surface area (Å²) in [5, 5.41) is 5.24. The summed E-state index contributed by atoms with van der Waals surface area (Å²) in [5.74, 6) is -3.41. The van der Waals surface area contributed by atoms with Crippen molar-refractivity contribution in [3.05, 3.63) is 151 Å². The molecule has 3 heterocycles. The third-order valence-electron chi connectivity index (χ3n) is 9.02. The van der Waals surface area contributed by atoms with Crippen LogP contribution in [-0.2, 0) is 20.1 Å². The number of aromatic nitrogens is 2. The second-order valence-corrected chi connectivity index (χ2v) is 18.9. The first kappa shape index (κ1) is 36.9. The van der Waals surface area contributed by atoms with Gasteiger partial charge in [-0.05, 0) is 57.0 Å². The molecule has 0 saturated heterocycles. The summed E-state index contributed by atoms with van der Waals surface area (Å²) in [6.07, 6.45) is 3.90. The molecule has 8 aromatic rings. The maximum absolute atomic E-state index is 14.3. The van der Waals surface area contributed by atoms with Gasteiger partial charge in [-0.3, -0.25) is 0 Å². The molecule has 0 saturated carbocycles. The quantitative estimate of drug-likeness (QED) is 0.0982. The van der Waals surface area contributed by atoms with E-state index in [0.717, 1.165) is 44.6 Å².